The second kappa shape index (κ2) is 5.13. The zero-order valence-electron chi connectivity index (χ0n) is 11.2. The van der Waals surface area contributed by atoms with Gasteiger partial charge in [0.05, 0.1) is 11.4 Å². The van der Waals surface area contributed by atoms with Crippen LogP contribution in [0.15, 0.2) is 47.4 Å². The topological polar surface area (TPSA) is 63.4 Å². The maximum atomic E-state index is 13.3. The van der Waals surface area contributed by atoms with Crippen molar-refractivity contribution in [2.24, 2.45) is 0 Å². The summed E-state index contributed by atoms with van der Waals surface area (Å²) in [6.07, 6.45) is 0. The van der Waals surface area contributed by atoms with Gasteiger partial charge < -0.3 is 5.73 Å². The molecule has 0 spiro atoms. The lowest BCUT2D eigenvalue weighted by Gasteiger charge is -2.20. The van der Waals surface area contributed by atoms with Crippen molar-refractivity contribution in [3.8, 4) is 0 Å². The molecule has 0 unspecified atom stereocenters. The Bertz CT molecular complexity index is 727. The van der Waals surface area contributed by atoms with Crippen LogP contribution in [0.3, 0.4) is 0 Å². The third kappa shape index (κ3) is 2.60. The number of hydrogen-bond donors (Lipinski definition) is 1. The van der Waals surface area contributed by atoms with E-state index in [1.807, 2.05) is 6.92 Å². The lowest BCUT2D eigenvalue weighted by atomic mass is 10.2. The van der Waals surface area contributed by atoms with E-state index in [-0.39, 0.29) is 10.6 Å². The minimum absolute atomic E-state index is 0.0189. The first kappa shape index (κ1) is 14.3. The van der Waals surface area contributed by atoms with Crippen molar-refractivity contribution >= 4 is 21.4 Å². The van der Waals surface area contributed by atoms with E-state index >= 15 is 0 Å². The van der Waals surface area contributed by atoms with Crippen molar-refractivity contribution in [1.82, 2.24) is 0 Å². The summed E-state index contributed by atoms with van der Waals surface area (Å²) in [6.45, 7) is 1.91. The molecule has 0 radical (unpaired) electrons. The highest BCUT2D eigenvalue weighted by atomic mass is 32.2. The predicted molar refractivity (Wildman–Crippen MR) is 77.6 cm³/mol. The van der Waals surface area contributed by atoms with Crippen LogP contribution in [0.2, 0.25) is 0 Å². The molecular weight excluding hydrogens is 279 g/mol. The van der Waals surface area contributed by atoms with E-state index in [0.29, 0.717) is 5.69 Å². The van der Waals surface area contributed by atoms with Gasteiger partial charge in [-0.25, -0.2) is 12.8 Å². The Kier molecular flexibility index (Phi) is 3.67. The molecule has 0 atom stereocenters. The summed E-state index contributed by atoms with van der Waals surface area (Å²) in [6, 6.07) is 10.3. The highest BCUT2D eigenvalue weighted by molar-refractivity contribution is 7.93. The molecule has 6 heteroatoms. The van der Waals surface area contributed by atoms with Crippen LogP contribution in [0.1, 0.15) is 5.56 Å². The third-order valence-electron chi connectivity index (χ3n) is 3.01. The van der Waals surface area contributed by atoms with Crippen LogP contribution in [-0.4, -0.2) is 15.5 Å². The van der Waals surface area contributed by atoms with Gasteiger partial charge in [0, 0.05) is 7.05 Å². The molecule has 0 saturated heterocycles. The first-order chi connectivity index (χ1) is 9.32. The van der Waals surface area contributed by atoms with Crippen LogP contribution in [0.4, 0.5) is 15.8 Å². The summed E-state index contributed by atoms with van der Waals surface area (Å²) in [4.78, 5) is -0.236. The van der Waals surface area contributed by atoms with Crippen LogP contribution in [-0.2, 0) is 10.0 Å². The van der Waals surface area contributed by atoms with Gasteiger partial charge in [0.1, 0.15) is 10.7 Å². The Balaban J connectivity index is 2.49. The van der Waals surface area contributed by atoms with Gasteiger partial charge in [0.25, 0.3) is 10.0 Å². The Hall–Kier alpha value is -2.08. The molecule has 4 nitrogen and oxygen atoms in total. The fourth-order valence-corrected chi connectivity index (χ4v) is 3.09. The molecule has 2 aromatic carbocycles. The summed E-state index contributed by atoms with van der Waals surface area (Å²) >= 11 is 0. The first-order valence-corrected chi connectivity index (χ1v) is 7.37. The zero-order chi connectivity index (χ0) is 14.9. The molecule has 0 heterocycles. The van der Waals surface area contributed by atoms with E-state index in [4.69, 9.17) is 5.73 Å². The number of rotatable bonds is 3. The summed E-state index contributed by atoms with van der Waals surface area (Å²) in [5, 5.41) is 0. The van der Waals surface area contributed by atoms with E-state index in [1.165, 1.54) is 13.1 Å². The predicted octanol–water partition coefficient (Wildman–Crippen LogP) is 2.54. The molecule has 0 aliphatic rings. The number of anilines is 2. The molecule has 0 aliphatic carbocycles. The van der Waals surface area contributed by atoms with Gasteiger partial charge in [-0.1, -0.05) is 17.7 Å². The van der Waals surface area contributed by atoms with Crippen molar-refractivity contribution in [2.45, 2.75) is 11.8 Å². The van der Waals surface area contributed by atoms with E-state index < -0.39 is 15.8 Å². The van der Waals surface area contributed by atoms with Crippen LogP contribution >= 0.6 is 0 Å². The normalized spacial score (nSPS) is 11.3. The summed E-state index contributed by atoms with van der Waals surface area (Å²) in [5.41, 5.74) is 7.17. The minimum Gasteiger partial charge on any atom is -0.398 e. The smallest absolute Gasteiger partial charge is 0.266 e. The zero-order valence-corrected chi connectivity index (χ0v) is 12.0. The molecule has 0 bridgehead atoms. The highest BCUT2D eigenvalue weighted by Crippen LogP contribution is 2.26. The van der Waals surface area contributed by atoms with Gasteiger partial charge in [-0.15, -0.1) is 0 Å². The first-order valence-electron chi connectivity index (χ1n) is 5.93. The summed E-state index contributed by atoms with van der Waals surface area (Å²) < 4.78 is 39.3. The van der Waals surface area contributed by atoms with Gasteiger partial charge in [-0.2, -0.15) is 0 Å². The SMILES string of the molecule is Cc1ccc(N(C)S(=O)(=O)c2cc(F)ccc2N)cc1. The monoisotopic (exact) mass is 294 g/mol. The molecule has 0 fully saturated rings. The Morgan fingerprint density at radius 2 is 1.70 bits per heavy atom. The molecule has 2 rings (SSSR count). The number of nitrogens with zero attached hydrogens (tertiary/aromatic N) is 1. The number of nitrogens with two attached hydrogens (primary N) is 1. The highest BCUT2D eigenvalue weighted by Gasteiger charge is 2.24. The van der Waals surface area contributed by atoms with Gasteiger partial charge in [0.15, 0.2) is 0 Å². The molecule has 2 N–H and O–H groups in total. The molecule has 2 aromatic rings. The molecule has 0 amide bonds. The molecular formula is C14H15FN2O2S. The fraction of sp³-hybridized carbons (Fsp3) is 0.143. The Morgan fingerprint density at radius 1 is 1.10 bits per heavy atom. The third-order valence-corrected chi connectivity index (χ3v) is 4.85. The van der Waals surface area contributed by atoms with Crippen LogP contribution in [0, 0.1) is 12.7 Å². The van der Waals surface area contributed by atoms with E-state index in [9.17, 15) is 12.8 Å². The minimum atomic E-state index is -3.89. The second-order valence-corrected chi connectivity index (χ2v) is 6.43. The number of benzene rings is 2. The molecule has 0 saturated carbocycles. The van der Waals surface area contributed by atoms with Gasteiger partial charge in [-0.05, 0) is 37.3 Å². The molecule has 20 heavy (non-hydrogen) atoms. The van der Waals surface area contributed by atoms with Crippen LogP contribution in [0.25, 0.3) is 0 Å². The van der Waals surface area contributed by atoms with Crippen molar-refractivity contribution in [2.75, 3.05) is 17.1 Å². The standard InChI is InChI=1S/C14H15FN2O2S/c1-10-3-6-12(7-4-10)17(2)20(18,19)14-9-11(15)5-8-13(14)16/h3-9H,16H2,1-2H3. The molecule has 0 aromatic heterocycles. The summed E-state index contributed by atoms with van der Waals surface area (Å²) in [7, 11) is -2.48. The Morgan fingerprint density at radius 3 is 2.30 bits per heavy atom. The largest absolute Gasteiger partial charge is 0.398 e. The van der Waals surface area contributed by atoms with Gasteiger partial charge in [-0.3, -0.25) is 4.31 Å². The average Bonchev–Trinajstić information content (AvgIpc) is 2.41. The molecule has 0 aliphatic heterocycles. The van der Waals surface area contributed by atoms with E-state index in [2.05, 4.69) is 0 Å². The number of aryl methyl sites for hydroxylation is 1. The summed E-state index contributed by atoms with van der Waals surface area (Å²) in [5.74, 6) is -0.643. The number of nitrogen functional groups attached to an aromatic ring is 1. The van der Waals surface area contributed by atoms with Gasteiger partial charge in [0.2, 0.25) is 0 Å². The van der Waals surface area contributed by atoms with Crippen molar-refractivity contribution in [1.29, 1.82) is 0 Å². The second-order valence-electron chi connectivity index (χ2n) is 4.49. The van der Waals surface area contributed by atoms with E-state index in [1.54, 1.807) is 24.3 Å². The van der Waals surface area contributed by atoms with Crippen LogP contribution in [0.5, 0.6) is 0 Å². The lowest BCUT2D eigenvalue weighted by Crippen LogP contribution is -2.27. The van der Waals surface area contributed by atoms with Crippen molar-refractivity contribution < 1.29 is 12.8 Å². The molecule has 106 valence electrons. The maximum absolute atomic E-state index is 13.3. The average molecular weight is 294 g/mol. The van der Waals surface area contributed by atoms with Gasteiger partial charge >= 0.3 is 0 Å². The van der Waals surface area contributed by atoms with E-state index in [0.717, 1.165) is 22.0 Å². The number of sulfonamides is 1. The quantitative estimate of drug-likeness (QED) is 0.885. The van der Waals surface area contributed by atoms with Crippen molar-refractivity contribution in [3.05, 3.63) is 53.8 Å². The maximum Gasteiger partial charge on any atom is 0.266 e. The number of hydrogen-bond acceptors (Lipinski definition) is 3. The van der Waals surface area contributed by atoms with Crippen LogP contribution < -0.4 is 10.0 Å². The fourth-order valence-electron chi connectivity index (χ4n) is 1.77. The Labute approximate surface area is 117 Å². The number of halogens is 1. The van der Waals surface area contributed by atoms with Crippen molar-refractivity contribution in [3.63, 3.8) is 0 Å². The lowest BCUT2D eigenvalue weighted by molar-refractivity contribution is 0.590.